The summed E-state index contributed by atoms with van der Waals surface area (Å²) in [5.41, 5.74) is 2.12. The van der Waals surface area contributed by atoms with Gasteiger partial charge in [0.05, 0.1) is 17.7 Å². The number of aliphatic hydroxyl groups is 1. The summed E-state index contributed by atoms with van der Waals surface area (Å²) in [6.07, 6.45) is 4.04. The van der Waals surface area contributed by atoms with Gasteiger partial charge in [0.15, 0.2) is 0 Å². The molecule has 34 heavy (non-hydrogen) atoms. The molecule has 2 N–H and O–H groups in total. The second-order valence-corrected chi connectivity index (χ2v) is 10.2. The maximum atomic E-state index is 14.8. The molecule has 3 aliphatic rings. The number of carbonyl (C=O) groups is 1. The van der Waals surface area contributed by atoms with Crippen LogP contribution in [0.4, 0.5) is 10.2 Å². The topological polar surface area (TPSA) is 81.6 Å². The van der Waals surface area contributed by atoms with E-state index in [0.29, 0.717) is 55.6 Å². The van der Waals surface area contributed by atoms with Crippen LogP contribution in [0.1, 0.15) is 60.9 Å². The molecule has 5 rings (SSSR count). The first kappa shape index (κ1) is 23.5. The van der Waals surface area contributed by atoms with E-state index in [-0.39, 0.29) is 11.8 Å². The maximum Gasteiger partial charge on any atom is 0.231 e. The van der Waals surface area contributed by atoms with Crippen molar-refractivity contribution in [1.29, 1.82) is 0 Å². The number of hydrogen-bond donors (Lipinski definition) is 2. The van der Waals surface area contributed by atoms with E-state index >= 15 is 0 Å². The van der Waals surface area contributed by atoms with Gasteiger partial charge in [-0.05, 0) is 49.8 Å². The Bertz CT molecular complexity index is 1060. The van der Waals surface area contributed by atoms with Crippen molar-refractivity contribution in [2.24, 2.45) is 5.92 Å². The third kappa shape index (κ3) is 4.76. The average Bonchev–Trinajstić information content (AvgIpc) is 3.61. The number of piperazine rings is 1. The third-order valence-corrected chi connectivity index (χ3v) is 7.52. The summed E-state index contributed by atoms with van der Waals surface area (Å²) < 4.78 is 14.8. The lowest BCUT2D eigenvalue weighted by atomic mass is 9.96. The van der Waals surface area contributed by atoms with Crippen molar-refractivity contribution in [2.75, 3.05) is 44.2 Å². The minimum absolute atomic E-state index is 0.0686. The number of halogens is 2. The number of nitrogens with one attached hydrogen (secondary N) is 1. The van der Waals surface area contributed by atoms with Crippen molar-refractivity contribution in [3.8, 4) is 0 Å². The van der Waals surface area contributed by atoms with Gasteiger partial charge in [0.25, 0.3) is 0 Å². The molecule has 1 saturated carbocycles. The highest BCUT2D eigenvalue weighted by Gasteiger charge is 2.35. The van der Waals surface area contributed by atoms with Gasteiger partial charge in [-0.3, -0.25) is 4.79 Å². The molecule has 1 amide bonds. The molecule has 3 atom stereocenters. The Kier molecular flexibility index (Phi) is 6.73. The number of fused-ring (bicyclic) bond motifs is 1. The fourth-order valence-electron chi connectivity index (χ4n) is 5.18. The van der Waals surface area contributed by atoms with Gasteiger partial charge in [-0.15, -0.1) is 0 Å². The molecular weight excluding hydrogens is 457 g/mol. The zero-order valence-electron chi connectivity index (χ0n) is 19.4. The molecule has 2 fully saturated rings. The van der Waals surface area contributed by atoms with Crippen molar-refractivity contribution >= 4 is 23.3 Å². The first-order chi connectivity index (χ1) is 16.4. The molecule has 7 nitrogen and oxygen atoms in total. The number of amides is 1. The Morgan fingerprint density at radius 2 is 2.03 bits per heavy atom. The van der Waals surface area contributed by atoms with Gasteiger partial charge in [0.1, 0.15) is 18.0 Å². The Morgan fingerprint density at radius 3 is 2.74 bits per heavy atom. The van der Waals surface area contributed by atoms with Gasteiger partial charge in [-0.1, -0.05) is 24.6 Å². The molecule has 1 aromatic heterocycles. The molecule has 9 heteroatoms. The van der Waals surface area contributed by atoms with E-state index in [1.807, 2.05) is 4.90 Å². The molecule has 2 aliphatic carbocycles. The van der Waals surface area contributed by atoms with Crippen molar-refractivity contribution in [2.45, 2.75) is 44.1 Å². The second-order valence-electron chi connectivity index (χ2n) is 9.78. The lowest BCUT2D eigenvalue weighted by Gasteiger charge is -2.38. The van der Waals surface area contributed by atoms with Crippen molar-refractivity contribution in [1.82, 2.24) is 20.2 Å². The molecule has 0 radical (unpaired) electrons. The Hall–Kier alpha value is -2.29. The van der Waals surface area contributed by atoms with Gasteiger partial charge in [0, 0.05) is 48.9 Å². The lowest BCUT2D eigenvalue weighted by Crippen LogP contribution is -2.51. The van der Waals surface area contributed by atoms with Crippen LogP contribution in [0.2, 0.25) is 5.02 Å². The van der Waals surface area contributed by atoms with Crippen LogP contribution >= 0.6 is 11.6 Å². The summed E-state index contributed by atoms with van der Waals surface area (Å²) in [7, 11) is 0. The van der Waals surface area contributed by atoms with E-state index < -0.39 is 17.8 Å². The van der Waals surface area contributed by atoms with Crippen LogP contribution in [0, 0.1) is 11.7 Å². The van der Waals surface area contributed by atoms with Gasteiger partial charge in [-0.2, -0.15) is 0 Å². The van der Waals surface area contributed by atoms with Gasteiger partial charge < -0.3 is 20.2 Å². The molecule has 182 valence electrons. The monoisotopic (exact) mass is 487 g/mol. The van der Waals surface area contributed by atoms with Crippen molar-refractivity contribution < 1.29 is 14.3 Å². The van der Waals surface area contributed by atoms with E-state index in [4.69, 9.17) is 11.6 Å². The predicted molar refractivity (Wildman–Crippen MR) is 129 cm³/mol. The molecule has 1 saturated heterocycles. The molecule has 1 aliphatic heterocycles. The predicted octanol–water partition coefficient (Wildman–Crippen LogP) is 3.24. The van der Waals surface area contributed by atoms with Gasteiger partial charge in [-0.25, -0.2) is 14.4 Å². The van der Waals surface area contributed by atoms with Gasteiger partial charge in [0.2, 0.25) is 5.91 Å². The minimum Gasteiger partial charge on any atom is -0.387 e. The molecule has 1 aromatic carbocycles. The summed E-state index contributed by atoms with van der Waals surface area (Å²) in [4.78, 5) is 26.4. The Labute approximate surface area is 204 Å². The van der Waals surface area contributed by atoms with Crippen molar-refractivity contribution in [3.63, 3.8) is 0 Å². The molecule has 1 unspecified atom stereocenters. The number of anilines is 1. The highest BCUT2D eigenvalue weighted by molar-refractivity contribution is 6.30. The first-order valence-electron chi connectivity index (χ1n) is 12.1. The standard InChI is InChI=1S/C25H31ClFN5O2/c1-15-10-21(33)23-22(15)24(30-14-29-23)31-6-8-32(9-7-31)25(34)19(13-28-12-16-2-3-16)18-5-4-17(26)11-20(18)27/h4-5,11,14-16,19,21,28,33H,2-3,6-10,12-13H2,1H3/t15-,19?,21-/m1/s1. The van der Waals surface area contributed by atoms with E-state index in [9.17, 15) is 14.3 Å². The molecule has 2 heterocycles. The van der Waals surface area contributed by atoms with Gasteiger partial charge >= 0.3 is 0 Å². The number of hydrogen-bond acceptors (Lipinski definition) is 6. The number of rotatable bonds is 7. The van der Waals surface area contributed by atoms with E-state index in [1.165, 1.54) is 25.2 Å². The van der Waals surface area contributed by atoms with E-state index in [2.05, 4.69) is 27.1 Å². The lowest BCUT2D eigenvalue weighted by molar-refractivity contribution is -0.133. The van der Waals surface area contributed by atoms with Crippen LogP contribution in [0.25, 0.3) is 0 Å². The van der Waals surface area contributed by atoms with E-state index in [0.717, 1.165) is 23.6 Å². The van der Waals surface area contributed by atoms with Crippen LogP contribution in [0.5, 0.6) is 0 Å². The average molecular weight is 488 g/mol. The first-order valence-corrected chi connectivity index (χ1v) is 12.5. The molecule has 0 spiro atoms. The molecular formula is C25H31ClFN5O2. The smallest absolute Gasteiger partial charge is 0.231 e. The van der Waals surface area contributed by atoms with Crippen LogP contribution in [-0.2, 0) is 4.79 Å². The van der Waals surface area contributed by atoms with Crippen LogP contribution in [0.3, 0.4) is 0 Å². The minimum atomic E-state index is -0.596. The largest absolute Gasteiger partial charge is 0.387 e. The number of aliphatic hydroxyl groups excluding tert-OH is 1. The summed E-state index contributed by atoms with van der Waals surface area (Å²) in [6.45, 7) is 5.67. The number of carbonyl (C=O) groups excluding carboxylic acids is 1. The summed E-state index contributed by atoms with van der Waals surface area (Å²) in [5, 5.41) is 14.0. The van der Waals surface area contributed by atoms with Crippen LogP contribution < -0.4 is 10.2 Å². The third-order valence-electron chi connectivity index (χ3n) is 7.28. The Balaban J connectivity index is 1.29. The fraction of sp³-hybridized carbons (Fsp3) is 0.560. The Morgan fingerprint density at radius 1 is 1.26 bits per heavy atom. The summed E-state index contributed by atoms with van der Waals surface area (Å²) >= 11 is 5.96. The molecule has 0 bridgehead atoms. The van der Waals surface area contributed by atoms with Crippen LogP contribution in [-0.4, -0.2) is 65.2 Å². The molecule has 2 aromatic rings. The zero-order chi connectivity index (χ0) is 23.8. The highest BCUT2D eigenvalue weighted by atomic mass is 35.5. The normalized spacial score (nSPS) is 23.2. The number of aromatic nitrogens is 2. The number of nitrogens with zero attached hydrogens (tertiary/aromatic N) is 4. The SMILES string of the molecule is C[C@@H]1C[C@@H](O)c2ncnc(N3CCN(C(=O)C(CNCC4CC4)c4ccc(Cl)cc4F)CC3)c21. The summed E-state index contributed by atoms with van der Waals surface area (Å²) in [6, 6.07) is 4.55. The second kappa shape index (κ2) is 9.76. The zero-order valence-corrected chi connectivity index (χ0v) is 20.1. The van der Waals surface area contributed by atoms with Crippen LogP contribution in [0.15, 0.2) is 24.5 Å². The summed E-state index contributed by atoms with van der Waals surface area (Å²) in [5.74, 6) is 0.608. The highest BCUT2D eigenvalue weighted by Crippen LogP contribution is 2.42. The fourth-order valence-corrected chi connectivity index (χ4v) is 5.34. The maximum absolute atomic E-state index is 14.8. The number of benzene rings is 1. The van der Waals surface area contributed by atoms with Crippen molar-refractivity contribution in [3.05, 3.63) is 52.2 Å². The quantitative estimate of drug-likeness (QED) is 0.624. The van der Waals surface area contributed by atoms with E-state index in [1.54, 1.807) is 12.1 Å².